The summed E-state index contributed by atoms with van der Waals surface area (Å²) in [5, 5.41) is 9.61. The first-order chi connectivity index (χ1) is 9.10. The van der Waals surface area contributed by atoms with Crippen LogP contribution < -0.4 is 5.32 Å². The lowest BCUT2D eigenvalue weighted by atomic mass is 10.4. The molecule has 102 valence electrons. The Labute approximate surface area is 117 Å². The summed E-state index contributed by atoms with van der Waals surface area (Å²) in [6.07, 6.45) is 2.91. The van der Waals surface area contributed by atoms with Gasteiger partial charge in [0.1, 0.15) is 10.1 Å². The highest BCUT2D eigenvalue weighted by Crippen LogP contribution is 2.28. The first-order valence-corrected chi connectivity index (χ1v) is 7.17. The predicted molar refractivity (Wildman–Crippen MR) is 77.6 cm³/mol. The van der Waals surface area contributed by atoms with Crippen molar-refractivity contribution >= 4 is 17.7 Å². The summed E-state index contributed by atoms with van der Waals surface area (Å²) < 4.78 is 1.88. The molecule has 0 aliphatic rings. The fourth-order valence-electron chi connectivity index (χ4n) is 1.63. The van der Waals surface area contributed by atoms with Crippen LogP contribution in [0.15, 0.2) is 22.3 Å². The topological polar surface area (TPSA) is 55.6 Å². The highest BCUT2D eigenvalue weighted by atomic mass is 32.2. The lowest BCUT2D eigenvalue weighted by molar-refractivity contribution is 0.692. The van der Waals surface area contributed by atoms with Crippen LogP contribution in [-0.4, -0.2) is 26.3 Å². The first kappa shape index (κ1) is 13.9. The Bertz CT molecular complexity index is 564. The number of rotatable bonds is 5. The molecular weight excluding hydrogens is 258 g/mol. The minimum atomic E-state index is 0.689. The number of nitrogens with zero attached hydrogens (tertiary/aromatic N) is 4. The van der Waals surface area contributed by atoms with Gasteiger partial charge < -0.3 is 5.32 Å². The van der Waals surface area contributed by atoms with E-state index in [2.05, 4.69) is 33.4 Å². The van der Waals surface area contributed by atoms with E-state index in [4.69, 9.17) is 0 Å². The molecule has 0 aliphatic carbocycles. The van der Waals surface area contributed by atoms with Crippen LogP contribution in [0.25, 0.3) is 0 Å². The molecule has 2 heterocycles. The average Bonchev–Trinajstić information content (AvgIpc) is 2.69. The van der Waals surface area contributed by atoms with Crippen LogP contribution in [-0.2, 0) is 7.05 Å². The van der Waals surface area contributed by atoms with E-state index in [1.165, 1.54) is 0 Å². The zero-order valence-corrected chi connectivity index (χ0v) is 12.6. The van der Waals surface area contributed by atoms with Crippen molar-refractivity contribution in [3.05, 3.63) is 23.5 Å². The van der Waals surface area contributed by atoms with E-state index in [1.54, 1.807) is 11.8 Å². The van der Waals surface area contributed by atoms with Gasteiger partial charge in [-0.25, -0.2) is 9.97 Å². The number of nitrogens with one attached hydrogen (secondary N) is 1. The monoisotopic (exact) mass is 277 g/mol. The van der Waals surface area contributed by atoms with Gasteiger partial charge in [-0.3, -0.25) is 4.68 Å². The molecule has 0 unspecified atom stereocenters. The second kappa shape index (κ2) is 6.06. The second-order valence-electron chi connectivity index (χ2n) is 4.46. The van der Waals surface area contributed by atoms with Gasteiger partial charge in [0.15, 0.2) is 0 Å². The molecule has 0 aromatic carbocycles. The minimum absolute atomic E-state index is 0.689. The van der Waals surface area contributed by atoms with Gasteiger partial charge >= 0.3 is 0 Å². The van der Waals surface area contributed by atoms with Crippen molar-refractivity contribution in [1.82, 2.24) is 19.7 Å². The molecule has 2 aromatic rings. The van der Waals surface area contributed by atoms with E-state index in [0.29, 0.717) is 5.95 Å². The van der Waals surface area contributed by atoms with Crippen LogP contribution in [0.4, 0.5) is 5.95 Å². The molecule has 1 N–H and O–H groups in total. The summed E-state index contributed by atoms with van der Waals surface area (Å²) >= 11 is 1.62. The Kier molecular flexibility index (Phi) is 4.42. The molecule has 0 aliphatic heterocycles. The number of hydrogen-bond donors (Lipinski definition) is 1. The zero-order valence-electron chi connectivity index (χ0n) is 11.8. The summed E-state index contributed by atoms with van der Waals surface area (Å²) in [4.78, 5) is 8.84. The fraction of sp³-hybridized carbons (Fsp3) is 0.462. The molecule has 0 saturated heterocycles. The fourth-order valence-corrected chi connectivity index (χ4v) is 2.58. The summed E-state index contributed by atoms with van der Waals surface area (Å²) in [5.41, 5.74) is 2.09. The van der Waals surface area contributed by atoms with Gasteiger partial charge in [-0.1, -0.05) is 6.92 Å². The molecular formula is C13H19N5S. The number of anilines is 1. The first-order valence-electron chi connectivity index (χ1n) is 6.36. The SMILES string of the molecule is CCCNc1ncc(C)c(Sc2cc(C)nn2C)n1. The highest BCUT2D eigenvalue weighted by Gasteiger charge is 2.09. The zero-order chi connectivity index (χ0) is 13.8. The third-order valence-electron chi connectivity index (χ3n) is 2.62. The normalized spacial score (nSPS) is 10.7. The summed E-state index contributed by atoms with van der Waals surface area (Å²) in [5.74, 6) is 0.689. The second-order valence-corrected chi connectivity index (χ2v) is 5.47. The molecule has 0 radical (unpaired) electrons. The summed E-state index contributed by atoms with van der Waals surface area (Å²) in [6.45, 7) is 7.02. The Hall–Kier alpha value is -1.56. The minimum Gasteiger partial charge on any atom is -0.354 e. The third kappa shape index (κ3) is 3.47. The summed E-state index contributed by atoms with van der Waals surface area (Å²) in [6, 6.07) is 2.06. The van der Waals surface area contributed by atoms with E-state index in [0.717, 1.165) is 34.3 Å². The Morgan fingerprint density at radius 2 is 2.16 bits per heavy atom. The smallest absolute Gasteiger partial charge is 0.223 e. The third-order valence-corrected chi connectivity index (χ3v) is 3.82. The van der Waals surface area contributed by atoms with E-state index >= 15 is 0 Å². The van der Waals surface area contributed by atoms with Crippen LogP contribution in [0.2, 0.25) is 0 Å². The van der Waals surface area contributed by atoms with Crippen LogP contribution in [0, 0.1) is 13.8 Å². The molecule has 6 heteroatoms. The van der Waals surface area contributed by atoms with Crippen LogP contribution in [0.3, 0.4) is 0 Å². The lowest BCUT2D eigenvalue weighted by Gasteiger charge is -2.07. The number of aryl methyl sites for hydroxylation is 3. The van der Waals surface area contributed by atoms with Gasteiger partial charge in [-0.05, 0) is 38.1 Å². The van der Waals surface area contributed by atoms with Crippen LogP contribution in [0.1, 0.15) is 24.6 Å². The van der Waals surface area contributed by atoms with Gasteiger partial charge in [0.05, 0.1) is 5.69 Å². The molecule has 2 rings (SSSR count). The molecule has 2 aromatic heterocycles. The highest BCUT2D eigenvalue weighted by molar-refractivity contribution is 7.99. The van der Waals surface area contributed by atoms with Crippen molar-refractivity contribution in [2.75, 3.05) is 11.9 Å². The van der Waals surface area contributed by atoms with Crippen molar-refractivity contribution in [1.29, 1.82) is 0 Å². The molecule has 0 amide bonds. The molecule has 0 saturated carbocycles. The van der Waals surface area contributed by atoms with Gasteiger partial charge in [0.2, 0.25) is 5.95 Å². The van der Waals surface area contributed by atoms with E-state index < -0.39 is 0 Å². The van der Waals surface area contributed by atoms with Gasteiger partial charge in [0, 0.05) is 25.4 Å². The molecule has 0 spiro atoms. The summed E-state index contributed by atoms with van der Waals surface area (Å²) in [7, 11) is 1.95. The average molecular weight is 277 g/mol. The van der Waals surface area contributed by atoms with Crippen molar-refractivity contribution < 1.29 is 0 Å². The van der Waals surface area contributed by atoms with E-state index in [-0.39, 0.29) is 0 Å². The quantitative estimate of drug-likeness (QED) is 0.852. The van der Waals surface area contributed by atoms with E-state index in [9.17, 15) is 0 Å². The van der Waals surface area contributed by atoms with E-state index in [1.807, 2.05) is 31.8 Å². The van der Waals surface area contributed by atoms with Gasteiger partial charge in [0.25, 0.3) is 0 Å². The van der Waals surface area contributed by atoms with Crippen molar-refractivity contribution in [2.45, 2.75) is 37.2 Å². The Morgan fingerprint density at radius 1 is 1.37 bits per heavy atom. The van der Waals surface area contributed by atoms with Crippen LogP contribution >= 0.6 is 11.8 Å². The number of hydrogen-bond acceptors (Lipinski definition) is 5. The van der Waals surface area contributed by atoms with Crippen molar-refractivity contribution in [2.24, 2.45) is 7.05 Å². The Balaban J connectivity index is 2.21. The molecule has 19 heavy (non-hydrogen) atoms. The maximum Gasteiger partial charge on any atom is 0.223 e. The van der Waals surface area contributed by atoms with Crippen molar-refractivity contribution in [3.8, 4) is 0 Å². The molecule has 5 nitrogen and oxygen atoms in total. The predicted octanol–water partition coefficient (Wildman–Crippen LogP) is 2.80. The molecule has 0 bridgehead atoms. The largest absolute Gasteiger partial charge is 0.354 e. The van der Waals surface area contributed by atoms with Crippen molar-refractivity contribution in [3.63, 3.8) is 0 Å². The lowest BCUT2D eigenvalue weighted by Crippen LogP contribution is -2.05. The molecule has 0 atom stereocenters. The number of aromatic nitrogens is 4. The van der Waals surface area contributed by atoms with Crippen LogP contribution in [0.5, 0.6) is 0 Å². The maximum atomic E-state index is 4.56. The van der Waals surface area contributed by atoms with Gasteiger partial charge in [-0.2, -0.15) is 5.10 Å². The Morgan fingerprint density at radius 3 is 2.79 bits per heavy atom. The molecule has 0 fully saturated rings. The standard InChI is InChI=1S/C13H19N5S/c1-5-6-14-13-15-8-9(2)12(16-13)19-11-7-10(3)17-18(11)4/h7-8H,5-6H2,1-4H3,(H,14,15,16). The maximum absolute atomic E-state index is 4.56. The van der Waals surface area contributed by atoms with Gasteiger partial charge in [-0.15, -0.1) is 0 Å².